The van der Waals surface area contributed by atoms with Crippen LogP contribution in [0.15, 0.2) is 0 Å². The zero-order valence-electron chi connectivity index (χ0n) is 7.58. The van der Waals surface area contributed by atoms with Crippen LogP contribution >= 0.6 is 15.9 Å². The van der Waals surface area contributed by atoms with E-state index in [2.05, 4.69) is 15.9 Å². The summed E-state index contributed by atoms with van der Waals surface area (Å²) in [5.41, 5.74) is 0. The van der Waals surface area contributed by atoms with Gasteiger partial charge in [0, 0.05) is 0 Å². The lowest BCUT2D eigenvalue weighted by atomic mass is 9.85. The number of sulfone groups is 1. The predicted molar refractivity (Wildman–Crippen MR) is 56.6 cm³/mol. The average molecular weight is 267 g/mol. The van der Waals surface area contributed by atoms with Gasteiger partial charge in [0.25, 0.3) is 0 Å². The van der Waals surface area contributed by atoms with Crippen molar-refractivity contribution in [3.8, 4) is 0 Å². The van der Waals surface area contributed by atoms with Gasteiger partial charge < -0.3 is 0 Å². The van der Waals surface area contributed by atoms with E-state index in [4.69, 9.17) is 0 Å². The molecule has 2 aliphatic rings. The molecule has 2 fully saturated rings. The summed E-state index contributed by atoms with van der Waals surface area (Å²) in [5, 5.41) is -0.0284. The van der Waals surface area contributed by atoms with Crippen molar-refractivity contribution in [2.45, 2.75) is 47.9 Å². The smallest absolute Gasteiger partial charge is 0.166 e. The Morgan fingerprint density at radius 1 is 1.00 bits per heavy atom. The Morgan fingerprint density at radius 3 is 2.46 bits per heavy atom. The molecule has 0 spiro atoms. The molecule has 0 aromatic heterocycles. The summed E-state index contributed by atoms with van der Waals surface area (Å²) in [6.07, 6.45) is 6.26. The van der Waals surface area contributed by atoms with Crippen LogP contribution in [0.3, 0.4) is 0 Å². The normalized spacial score (nSPS) is 43.9. The lowest BCUT2D eigenvalue weighted by Crippen LogP contribution is -2.41. The van der Waals surface area contributed by atoms with Gasteiger partial charge in [-0.25, -0.2) is 8.42 Å². The van der Waals surface area contributed by atoms with Crippen molar-refractivity contribution in [2.24, 2.45) is 5.92 Å². The van der Waals surface area contributed by atoms with Gasteiger partial charge in [0.1, 0.15) is 4.16 Å². The van der Waals surface area contributed by atoms with Gasteiger partial charge in [0.2, 0.25) is 0 Å². The molecule has 13 heavy (non-hydrogen) atoms. The first kappa shape index (κ1) is 9.97. The molecule has 4 heteroatoms. The molecule has 0 aromatic carbocycles. The standard InChI is InChI=1S/C9H15BrO2S/c10-9-6-5-7-3-1-2-4-8(7)13(9,11)12/h7-9H,1-6H2/t7-,8+,9-/m1/s1. The fourth-order valence-corrected chi connectivity index (χ4v) is 5.88. The quantitative estimate of drug-likeness (QED) is 0.632. The lowest BCUT2D eigenvalue weighted by molar-refractivity contribution is 0.320. The Bertz CT molecular complexity index is 286. The maximum absolute atomic E-state index is 11.9. The topological polar surface area (TPSA) is 34.1 Å². The van der Waals surface area contributed by atoms with Gasteiger partial charge in [0.05, 0.1) is 5.25 Å². The molecule has 1 heterocycles. The highest BCUT2D eigenvalue weighted by Crippen LogP contribution is 2.41. The summed E-state index contributed by atoms with van der Waals surface area (Å²) in [7, 11) is -2.85. The zero-order valence-corrected chi connectivity index (χ0v) is 9.98. The minimum Gasteiger partial charge on any atom is -0.227 e. The first-order valence-corrected chi connectivity index (χ1v) is 7.51. The Morgan fingerprint density at radius 2 is 1.69 bits per heavy atom. The third kappa shape index (κ3) is 1.67. The number of hydrogen-bond donors (Lipinski definition) is 0. The van der Waals surface area contributed by atoms with Crippen molar-refractivity contribution in [1.82, 2.24) is 0 Å². The van der Waals surface area contributed by atoms with Gasteiger partial charge in [-0.15, -0.1) is 0 Å². The van der Waals surface area contributed by atoms with Gasteiger partial charge in [-0.2, -0.15) is 0 Å². The number of hydrogen-bond acceptors (Lipinski definition) is 2. The highest BCUT2D eigenvalue weighted by atomic mass is 79.9. The first-order chi connectivity index (χ1) is 6.12. The highest BCUT2D eigenvalue weighted by molar-refractivity contribution is 9.11. The molecule has 76 valence electrons. The molecule has 0 aromatic rings. The maximum Gasteiger partial charge on any atom is 0.166 e. The van der Waals surface area contributed by atoms with E-state index in [-0.39, 0.29) is 9.41 Å². The van der Waals surface area contributed by atoms with Crippen molar-refractivity contribution in [1.29, 1.82) is 0 Å². The van der Waals surface area contributed by atoms with Crippen molar-refractivity contribution in [3.05, 3.63) is 0 Å². The van der Waals surface area contributed by atoms with E-state index in [0.717, 1.165) is 32.1 Å². The number of alkyl halides is 1. The van der Waals surface area contributed by atoms with E-state index in [9.17, 15) is 8.42 Å². The molecule has 1 aliphatic heterocycles. The van der Waals surface area contributed by atoms with Gasteiger partial charge >= 0.3 is 0 Å². The molecule has 0 N–H and O–H groups in total. The van der Waals surface area contributed by atoms with E-state index in [1.807, 2.05) is 0 Å². The monoisotopic (exact) mass is 266 g/mol. The molecular formula is C9H15BrO2S. The Labute approximate surface area is 88.1 Å². The van der Waals surface area contributed by atoms with Crippen LogP contribution in [0.25, 0.3) is 0 Å². The molecule has 0 amide bonds. The second-order valence-corrected chi connectivity index (χ2v) is 8.22. The van der Waals surface area contributed by atoms with Crippen LogP contribution in [0.1, 0.15) is 38.5 Å². The summed E-state index contributed by atoms with van der Waals surface area (Å²) in [4.78, 5) is 0. The summed E-state index contributed by atoms with van der Waals surface area (Å²) in [6, 6.07) is 0. The Balaban J connectivity index is 2.25. The van der Waals surface area contributed by atoms with Crippen LogP contribution in [-0.4, -0.2) is 17.8 Å². The molecule has 1 aliphatic carbocycles. The first-order valence-electron chi connectivity index (χ1n) is 4.99. The van der Waals surface area contributed by atoms with Crippen LogP contribution in [0.5, 0.6) is 0 Å². The predicted octanol–water partition coefficient (Wildman–Crippen LogP) is 2.47. The van der Waals surface area contributed by atoms with Crippen molar-refractivity contribution < 1.29 is 8.42 Å². The van der Waals surface area contributed by atoms with Crippen LogP contribution in [0.2, 0.25) is 0 Å². The van der Waals surface area contributed by atoms with Gasteiger partial charge in [-0.1, -0.05) is 28.8 Å². The molecule has 2 nitrogen and oxygen atoms in total. The third-order valence-corrected chi connectivity index (χ3v) is 7.82. The largest absolute Gasteiger partial charge is 0.227 e. The summed E-state index contributed by atoms with van der Waals surface area (Å²) in [5.74, 6) is 0.465. The van der Waals surface area contributed by atoms with Gasteiger partial charge in [-0.3, -0.25) is 0 Å². The number of rotatable bonds is 0. The molecule has 1 saturated carbocycles. The molecule has 0 radical (unpaired) electrons. The van der Waals surface area contributed by atoms with Crippen LogP contribution in [-0.2, 0) is 9.84 Å². The van der Waals surface area contributed by atoms with E-state index in [1.54, 1.807) is 0 Å². The lowest BCUT2D eigenvalue weighted by Gasteiger charge is -2.37. The fourth-order valence-electron chi connectivity index (χ4n) is 2.64. The summed E-state index contributed by atoms with van der Waals surface area (Å²) in [6.45, 7) is 0. The molecule has 0 bridgehead atoms. The van der Waals surface area contributed by atoms with Gasteiger partial charge in [0.15, 0.2) is 9.84 Å². The van der Waals surface area contributed by atoms with Crippen LogP contribution in [0.4, 0.5) is 0 Å². The van der Waals surface area contributed by atoms with Crippen molar-refractivity contribution >= 4 is 25.8 Å². The fraction of sp³-hybridized carbons (Fsp3) is 1.00. The molecule has 0 unspecified atom stereocenters. The van der Waals surface area contributed by atoms with Crippen LogP contribution in [0, 0.1) is 5.92 Å². The van der Waals surface area contributed by atoms with E-state index in [1.165, 1.54) is 6.42 Å². The molecule has 1 saturated heterocycles. The summed E-state index contributed by atoms with van der Waals surface area (Å²) >= 11 is 3.28. The molecular weight excluding hydrogens is 252 g/mol. The number of halogens is 1. The third-order valence-electron chi connectivity index (χ3n) is 3.38. The van der Waals surface area contributed by atoms with Crippen molar-refractivity contribution in [3.63, 3.8) is 0 Å². The Kier molecular flexibility index (Phi) is 2.71. The maximum atomic E-state index is 11.9. The van der Waals surface area contributed by atoms with Crippen molar-refractivity contribution in [2.75, 3.05) is 0 Å². The SMILES string of the molecule is O=S1(=O)[C@@H](Br)CC[C@H]2CCCC[C@@H]21. The second-order valence-electron chi connectivity index (χ2n) is 4.16. The van der Waals surface area contributed by atoms with Crippen LogP contribution < -0.4 is 0 Å². The average Bonchev–Trinajstić information content (AvgIpc) is 2.13. The second kappa shape index (κ2) is 3.54. The van der Waals surface area contributed by atoms with Gasteiger partial charge in [-0.05, 0) is 31.6 Å². The highest BCUT2D eigenvalue weighted by Gasteiger charge is 2.43. The van der Waals surface area contributed by atoms with E-state index in [0.29, 0.717) is 5.92 Å². The van der Waals surface area contributed by atoms with E-state index >= 15 is 0 Å². The number of fused-ring (bicyclic) bond motifs is 1. The minimum atomic E-state index is -2.85. The minimum absolute atomic E-state index is 0.0284. The zero-order chi connectivity index (χ0) is 9.47. The van der Waals surface area contributed by atoms with E-state index < -0.39 is 9.84 Å². The summed E-state index contributed by atoms with van der Waals surface area (Å²) < 4.78 is 23.5. The molecule has 2 rings (SSSR count). The Hall–Kier alpha value is 0.430. The molecule has 3 atom stereocenters.